The highest BCUT2D eigenvalue weighted by molar-refractivity contribution is 6.58. The van der Waals surface area contributed by atoms with E-state index in [1.54, 1.807) is 24.3 Å². The first-order valence-electron chi connectivity index (χ1n) is 14.0. The quantitative estimate of drug-likeness (QED) is 0.222. The minimum absolute atomic E-state index is 0.158. The van der Waals surface area contributed by atoms with Crippen LogP contribution in [0.25, 0.3) is 11.6 Å². The molecule has 8 nitrogen and oxygen atoms in total. The Morgan fingerprint density at radius 1 is 1.02 bits per heavy atom. The number of hydrogen-bond acceptors (Lipinski definition) is 7. The number of allylic oxidation sites excluding steroid dienone is 2. The van der Waals surface area contributed by atoms with Gasteiger partial charge in [0.2, 0.25) is 11.8 Å². The number of carbonyl (C=O) groups excluding carboxylic acids is 2. The number of aliphatic hydroxyl groups is 1. The topological polar surface area (TPSA) is 120 Å². The van der Waals surface area contributed by atoms with Crippen molar-refractivity contribution in [3.63, 3.8) is 0 Å². The van der Waals surface area contributed by atoms with Crippen molar-refractivity contribution in [3.05, 3.63) is 95.0 Å². The number of benzene rings is 2. The second kappa shape index (κ2) is 11.3. The number of fused-ring (bicyclic) bond motifs is 3. The molecule has 41 heavy (non-hydrogen) atoms. The molecular formula is C32H32BNO7. The number of furan rings is 1. The molecule has 2 amide bonds. The third kappa shape index (κ3) is 5.11. The van der Waals surface area contributed by atoms with Crippen LogP contribution in [-0.4, -0.2) is 46.8 Å². The van der Waals surface area contributed by atoms with Crippen LogP contribution in [0.1, 0.15) is 43.3 Å². The number of carbonyl (C=O) groups is 2. The van der Waals surface area contributed by atoms with E-state index in [1.807, 2.05) is 37.3 Å². The zero-order valence-electron chi connectivity index (χ0n) is 22.8. The van der Waals surface area contributed by atoms with E-state index in [0.717, 1.165) is 22.3 Å². The molecule has 0 spiro atoms. The minimum atomic E-state index is -1.69. The first-order chi connectivity index (χ1) is 19.9. The number of aliphatic hydroxyl groups excluding tert-OH is 1. The molecule has 0 unspecified atom stereocenters. The van der Waals surface area contributed by atoms with Gasteiger partial charge in [-0.1, -0.05) is 48.0 Å². The molecule has 4 atom stereocenters. The van der Waals surface area contributed by atoms with Crippen molar-refractivity contribution in [1.29, 1.82) is 0 Å². The zero-order valence-corrected chi connectivity index (χ0v) is 22.8. The van der Waals surface area contributed by atoms with Crippen molar-refractivity contribution in [2.75, 3.05) is 11.5 Å². The van der Waals surface area contributed by atoms with Crippen molar-refractivity contribution in [1.82, 2.24) is 0 Å². The number of anilines is 1. The highest BCUT2D eigenvalue weighted by atomic mass is 16.5. The Bertz CT molecular complexity index is 1530. The van der Waals surface area contributed by atoms with E-state index in [0.29, 0.717) is 43.1 Å². The van der Waals surface area contributed by atoms with E-state index >= 15 is 0 Å². The number of nitrogens with zero attached hydrogens (tertiary/aromatic N) is 1. The van der Waals surface area contributed by atoms with Gasteiger partial charge in [0.15, 0.2) is 0 Å². The largest absolute Gasteiger partial charge is 0.488 e. The Morgan fingerprint density at radius 3 is 2.56 bits per heavy atom. The predicted molar refractivity (Wildman–Crippen MR) is 154 cm³/mol. The highest BCUT2D eigenvalue weighted by Crippen LogP contribution is 2.50. The summed E-state index contributed by atoms with van der Waals surface area (Å²) in [7, 11) is -1.69. The average molecular weight is 553 g/mol. The molecule has 2 aliphatic heterocycles. The molecule has 3 aliphatic rings. The van der Waals surface area contributed by atoms with Crippen LogP contribution in [0, 0.1) is 17.8 Å². The molecule has 3 N–H and O–H groups in total. The van der Waals surface area contributed by atoms with Gasteiger partial charge in [-0.3, -0.25) is 14.5 Å². The summed E-state index contributed by atoms with van der Waals surface area (Å²) in [6.45, 7) is 2.26. The van der Waals surface area contributed by atoms with E-state index in [4.69, 9.17) is 9.15 Å². The summed E-state index contributed by atoms with van der Waals surface area (Å²) in [5.41, 5.74) is 4.96. The fourth-order valence-electron chi connectivity index (χ4n) is 6.68. The Hall–Kier alpha value is -3.76. The molecule has 1 aromatic heterocycles. The fourth-order valence-corrected chi connectivity index (χ4v) is 6.68. The van der Waals surface area contributed by atoms with Gasteiger partial charge in [-0.25, -0.2) is 0 Å². The molecule has 2 fully saturated rings. The standard InChI is InChI=1S/C32H32BNO7/c1-19-14-26-30(32(37)34(31(26)36)23-9-5-8-22(16-23)33(38)39)27-18-40-28(29(19)27)13-10-21(20-6-3-2-4-7-20)15-24-11-12-25(17-35)41-24/h2-9,11-12,15-16,26-28,30,35,38-39H,10,13-14,17-18H2,1H3/b21-15-/t26-,27+,28-,30-/m1/s1. The van der Waals surface area contributed by atoms with Gasteiger partial charge in [0.25, 0.3) is 0 Å². The molecule has 0 saturated carbocycles. The van der Waals surface area contributed by atoms with E-state index in [1.165, 1.54) is 11.0 Å². The Morgan fingerprint density at radius 2 is 1.83 bits per heavy atom. The van der Waals surface area contributed by atoms with Crippen molar-refractivity contribution in [2.24, 2.45) is 17.8 Å². The molecule has 2 aromatic carbocycles. The first-order valence-corrected chi connectivity index (χ1v) is 14.0. The maximum absolute atomic E-state index is 13.7. The number of rotatable bonds is 8. The normalized spacial score (nSPS) is 24.2. The molecule has 3 heterocycles. The van der Waals surface area contributed by atoms with Crippen LogP contribution in [0.2, 0.25) is 0 Å². The molecule has 9 heteroatoms. The predicted octanol–water partition coefficient (Wildman–Crippen LogP) is 3.31. The third-order valence-corrected chi connectivity index (χ3v) is 8.55. The lowest BCUT2D eigenvalue weighted by Gasteiger charge is -2.30. The summed E-state index contributed by atoms with van der Waals surface area (Å²) in [5, 5.41) is 28.6. The van der Waals surface area contributed by atoms with Gasteiger partial charge in [0, 0.05) is 5.92 Å². The van der Waals surface area contributed by atoms with Gasteiger partial charge >= 0.3 is 7.12 Å². The molecule has 1 aliphatic carbocycles. The van der Waals surface area contributed by atoms with Crippen LogP contribution in [-0.2, 0) is 20.9 Å². The Labute approximate surface area is 238 Å². The molecule has 6 rings (SSSR count). The second-order valence-electron chi connectivity index (χ2n) is 11.0. The molecule has 210 valence electrons. The summed E-state index contributed by atoms with van der Waals surface area (Å²) < 4.78 is 12.0. The van der Waals surface area contributed by atoms with Crippen LogP contribution in [0.5, 0.6) is 0 Å². The number of ether oxygens (including phenoxy) is 1. The van der Waals surface area contributed by atoms with E-state index < -0.39 is 19.0 Å². The van der Waals surface area contributed by atoms with Crippen molar-refractivity contribution >= 4 is 41.7 Å². The summed E-state index contributed by atoms with van der Waals surface area (Å²) in [6, 6.07) is 19.9. The third-order valence-electron chi connectivity index (χ3n) is 8.55. The van der Waals surface area contributed by atoms with Crippen molar-refractivity contribution < 1.29 is 33.9 Å². The number of imide groups is 1. The molecule has 2 saturated heterocycles. The van der Waals surface area contributed by atoms with E-state index in [9.17, 15) is 24.7 Å². The summed E-state index contributed by atoms with van der Waals surface area (Å²) in [6.07, 6.45) is 3.74. The lowest BCUT2D eigenvalue weighted by atomic mass is 9.70. The maximum atomic E-state index is 13.7. The lowest BCUT2D eigenvalue weighted by molar-refractivity contribution is -0.122. The van der Waals surface area contributed by atoms with Gasteiger partial charge in [-0.05, 0) is 78.7 Å². The molecule has 0 radical (unpaired) electrons. The summed E-state index contributed by atoms with van der Waals surface area (Å²) in [4.78, 5) is 28.4. The summed E-state index contributed by atoms with van der Waals surface area (Å²) >= 11 is 0. The van der Waals surface area contributed by atoms with Crippen LogP contribution in [0.4, 0.5) is 5.69 Å². The zero-order chi connectivity index (χ0) is 28.7. The van der Waals surface area contributed by atoms with Crippen LogP contribution >= 0.6 is 0 Å². The second-order valence-corrected chi connectivity index (χ2v) is 11.0. The van der Waals surface area contributed by atoms with Crippen LogP contribution in [0.15, 0.2) is 82.3 Å². The summed E-state index contributed by atoms with van der Waals surface area (Å²) in [5.74, 6) is -0.464. The monoisotopic (exact) mass is 553 g/mol. The highest BCUT2D eigenvalue weighted by Gasteiger charge is 2.56. The van der Waals surface area contributed by atoms with Gasteiger partial charge in [-0.2, -0.15) is 0 Å². The lowest BCUT2D eigenvalue weighted by Crippen LogP contribution is -2.35. The SMILES string of the molecule is CC1=C2[C@@H](CC/C(=C/c3ccc(CO)o3)c3ccccc3)OC[C@@H]2[C@@H]2C(=O)N(c3cccc(B(O)O)c3)C(=O)[C@@H]2C1. The Balaban J connectivity index is 1.23. The van der Waals surface area contributed by atoms with Gasteiger partial charge in [0.1, 0.15) is 18.1 Å². The van der Waals surface area contributed by atoms with Crippen LogP contribution < -0.4 is 10.4 Å². The van der Waals surface area contributed by atoms with Gasteiger partial charge < -0.3 is 24.3 Å². The average Bonchev–Trinajstić information content (AvgIpc) is 3.68. The Kier molecular flexibility index (Phi) is 7.53. The van der Waals surface area contributed by atoms with Crippen molar-refractivity contribution in [2.45, 2.75) is 38.9 Å². The van der Waals surface area contributed by atoms with Gasteiger partial charge in [-0.15, -0.1) is 0 Å². The number of amides is 2. The smallest absolute Gasteiger partial charge is 0.459 e. The molecule has 0 bridgehead atoms. The fraction of sp³-hybridized carbons (Fsp3) is 0.312. The molecule has 3 aromatic rings. The first kappa shape index (κ1) is 27.4. The van der Waals surface area contributed by atoms with E-state index in [-0.39, 0.29) is 35.9 Å². The van der Waals surface area contributed by atoms with E-state index in [2.05, 4.69) is 12.1 Å². The number of hydrogen-bond donors (Lipinski definition) is 3. The van der Waals surface area contributed by atoms with Crippen LogP contribution in [0.3, 0.4) is 0 Å². The maximum Gasteiger partial charge on any atom is 0.488 e. The van der Waals surface area contributed by atoms with Crippen molar-refractivity contribution in [3.8, 4) is 0 Å². The van der Waals surface area contributed by atoms with Gasteiger partial charge in [0.05, 0.1) is 30.2 Å². The molecular weight excluding hydrogens is 521 g/mol. The minimum Gasteiger partial charge on any atom is -0.459 e.